The minimum absolute atomic E-state index is 0.163. The van der Waals surface area contributed by atoms with E-state index in [0.29, 0.717) is 12.8 Å². The lowest BCUT2D eigenvalue weighted by atomic mass is 9.94. The molecule has 3 heteroatoms. The second-order valence-corrected chi connectivity index (χ2v) is 3.98. The summed E-state index contributed by atoms with van der Waals surface area (Å²) in [5.74, 6) is 0.395. The van der Waals surface area contributed by atoms with Gasteiger partial charge in [0.15, 0.2) is 5.78 Å². The molecule has 1 aliphatic heterocycles. The van der Waals surface area contributed by atoms with Gasteiger partial charge in [-0.15, -0.1) is 0 Å². The van der Waals surface area contributed by atoms with E-state index < -0.39 is 0 Å². The van der Waals surface area contributed by atoms with Gasteiger partial charge in [0, 0.05) is 31.2 Å². The maximum absolute atomic E-state index is 11.5. The SMILES string of the molecule is O=C1CCCCC1=CN1CCCC1=O. The molecule has 1 amide bonds. The van der Waals surface area contributed by atoms with Gasteiger partial charge in [-0.1, -0.05) is 0 Å². The summed E-state index contributed by atoms with van der Waals surface area (Å²) in [5, 5.41) is 0. The van der Waals surface area contributed by atoms with E-state index in [1.165, 1.54) is 0 Å². The summed E-state index contributed by atoms with van der Waals surface area (Å²) in [6, 6.07) is 0. The van der Waals surface area contributed by atoms with Crippen molar-refractivity contribution in [1.29, 1.82) is 0 Å². The first-order valence-corrected chi connectivity index (χ1v) is 5.31. The highest BCUT2D eigenvalue weighted by Gasteiger charge is 2.21. The lowest BCUT2D eigenvalue weighted by molar-refractivity contribution is -0.125. The van der Waals surface area contributed by atoms with Crippen molar-refractivity contribution in [2.75, 3.05) is 6.54 Å². The molecule has 0 aromatic heterocycles. The van der Waals surface area contributed by atoms with Crippen LogP contribution < -0.4 is 0 Å². The predicted molar refractivity (Wildman–Crippen MR) is 52.5 cm³/mol. The highest BCUT2D eigenvalue weighted by Crippen LogP contribution is 2.21. The normalized spacial score (nSPS) is 26.3. The smallest absolute Gasteiger partial charge is 0.226 e. The standard InChI is InChI=1S/C11H15NO2/c13-10-5-2-1-4-9(10)8-12-7-3-6-11(12)14/h8H,1-7H2. The number of carbonyl (C=O) groups excluding carboxylic acids is 2. The van der Waals surface area contributed by atoms with E-state index in [2.05, 4.69) is 0 Å². The summed E-state index contributed by atoms with van der Waals surface area (Å²) in [7, 11) is 0. The van der Waals surface area contributed by atoms with E-state index in [1.807, 2.05) is 0 Å². The minimum atomic E-state index is 0.163. The van der Waals surface area contributed by atoms with Gasteiger partial charge in [0.05, 0.1) is 0 Å². The zero-order valence-corrected chi connectivity index (χ0v) is 8.29. The highest BCUT2D eigenvalue weighted by molar-refractivity contribution is 5.96. The molecular weight excluding hydrogens is 178 g/mol. The van der Waals surface area contributed by atoms with Crippen LogP contribution in [0, 0.1) is 0 Å². The van der Waals surface area contributed by atoms with Gasteiger partial charge < -0.3 is 4.90 Å². The first-order chi connectivity index (χ1) is 6.77. The van der Waals surface area contributed by atoms with Gasteiger partial charge in [0.25, 0.3) is 0 Å². The topological polar surface area (TPSA) is 37.4 Å². The van der Waals surface area contributed by atoms with Crippen molar-refractivity contribution in [3.8, 4) is 0 Å². The Morgan fingerprint density at radius 1 is 1.00 bits per heavy atom. The van der Waals surface area contributed by atoms with Gasteiger partial charge in [0.1, 0.15) is 0 Å². The molecule has 0 unspecified atom stereocenters. The summed E-state index contributed by atoms with van der Waals surface area (Å²) in [6.07, 6.45) is 6.95. The molecule has 1 saturated heterocycles. The molecule has 0 N–H and O–H groups in total. The summed E-state index contributed by atoms with van der Waals surface area (Å²) < 4.78 is 0. The third-order valence-corrected chi connectivity index (χ3v) is 2.88. The fourth-order valence-corrected chi connectivity index (χ4v) is 2.03. The van der Waals surface area contributed by atoms with Crippen molar-refractivity contribution in [2.24, 2.45) is 0 Å². The van der Waals surface area contributed by atoms with E-state index in [9.17, 15) is 9.59 Å². The molecule has 0 aromatic rings. The molecule has 0 radical (unpaired) electrons. The maximum Gasteiger partial charge on any atom is 0.226 e. The van der Waals surface area contributed by atoms with Crippen LogP contribution in [0.4, 0.5) is 0 Å². The van der Waals surface area contributed by atoms with Crippen molar-refractivity contribution in [1.82, 2.24) is 4.90 Å². The van der Waals surface area contributed by atoms with Crippen LogP contribution in [0.2, 0.25) is 0 Å². The van der Waals surface area contributed by atoms with E-state index in [-0.39, 0.29) is 11.7 Å². The van der Waals surface area contributed by atoms with Crippen molar-refractivity contribution in [3.05, 3.63) is 11.8 Å². The number of likely N-dealkylation sites (tertiary alicyclic amines) is 1. The second kappa shape index (κ2) is 3.95. The predicted octanol–water partition coefficient (Wildman–Crippen LogP) is 1.64. The fraction of sp³-hybridized carbons (Fsp3) is 0.636. The molecule has 0 aromatic carbocycles. The van der Waals surface area contributed by atoms with E-state index in [1.54, 1.807) is 11.1 Å². The molecule has 14 heavy (non-hydrogen) atoms. The quantitative estimate of drug-likeness (QED) is 0.594. The Balaban J connectivity index is 2.08. The number of ketones is 1. The van der Waals surface area contributed by atoms with Crippen molar-refractivity contribution in [2.45, 2.75) is 38.5 Å². The third kappa shape index (κ3) is 1.86. The fourth-order valence-electron chi connectivity index (χ4n) is 2.03. The summed E-state index contributed by atoms with van der Waals surface area (Å²) >= 11 is 0. The number of hydrogen-bond donors (Lipinski definition) is 0. The molecule has 0 spiro atoms. The Labute approximate surface area is 83.8 Å². The van der Waals surface area contributed by atoms with Crippen molar-refractivity contribution < 1.29 is 9.59 Å². The number of rotatable bonds is 1. The average Bonchev–Trinajstić information content (AvgIpc) is 2.56. The van der Waals surface area contributed by atoms with E-state index in [4.69, 9.17) is 0 Å². The Morgan fingerprint density at radius 2 is 1.79 bits per heavy atom. The lowest BCUT2D eigenvalue weighted by Crippen LogP contribution is -2.21. The monoisotopic (exact) mass is 193 g/mol. The summed E-state index contributed by atoms with van der Waals surface area (Å²) in [4.78, 5) is 24.5. The Morgan fingerprint density at radius 3 is 2.43 bits per heavy atom. The zero-order valence-electron chi connectivity index (χ0n) is 8.29. The molecule has 1 heterocycles. The Bertz CT molecular complexity index is 294. The molecule has 0 bridgehead atoms. The largest absolute Gasteiger partial charge is 0.319 e. The molecule has 2 aliphatic rings. The molecule has 1 aliphatic carbocycles. The molecule has 3 nitrogen and oxygen atoms in total. The zero-order chi connectivity index (χ0) is 9.97. The first-order valence-electron chi connectivity index (χ1n) is 5.31. The van der Waals surface area contributed by atoms with Crippen LogP contribution >= 0.6 is 0 Å². The average molecular weight is 193 g/mol. The van der Waals surface area contributed by atoms with Gasteiger partial charge in [-0.3, -0.25) is 9.59 Å². The van der Waals surface area contributed by atoms with Gasteiger partial charge >= 0.3 is 0 Å². The number of Topliss-reactive ketones (excluding diaryl/α,β-unsaturated/α-hetero) is 1. The molecule has 76 valence electrons. The summed E-state index contributed by atoms with van der Waals surface area (Å²) in [6.45, 7) is 0.787. The molecular formula is C11H15NO2. The number of amides is 1. The van der Waals surface area contributed by atoms with E-state index in [0.717, 1.165) is 37.8 Å². The van der Waals surface area contributed by atoms with Crippen LogP contribution in [-0.4, -0.2) is 23.1 Å². The number of nitrogens with zero attached hydrogens (tertiary/aromatic N) is 1. The van der Waals surface area contributed by atoms with Crippen LogP contribution in [-0.2, 0) is 9.59 Å². The van der Waals surface area contributed by atoms with Crippen LogP contribution in [0.5, 0.6) is 0 Å². The Hall–Kier alpha value is -1.12. The van der Waals surface area contributed by atoms with Crippen molar-refractivity contribution in [3.63, 3.8) is 0 Å². The Kier molecular flexibility index (Phi) is 2.66. The second-order valence-electron chi connectivity index (χ2n) is 3.98. The number of hydrogen-bond acceptors (Lipinski definition) is 2. The number of allylic oxidation sites excluding steroid dienone is 1. The summed E-state index contributed by atoms with van der Waals surface area (Å²) in [5.41, 5.74) is 0.853. The van der Waals surface area contributed by atoms with Gasteiger partial charge in [-0.2, -0.15) is 0 Å². The molecule has 1 saturated carbocycles. The lowest BCUT2D eigenvalue weighted by Gasteiger charge is -2.16. The molecule has 2 fully saturated rings. The van der Waals surface area contributed by atoms with Crippen LogP contribution in [0.25, 0.3) is 0 Å². The van der Waals surface area contributed by atoms with Gasteiger partial charge in [-0.25, -0.2) is 0 Å². The van der Waals surface area contributed by atoms with Gasteiger partial charge in [-0.05, 0) is 25.7 Å². The number of carbonyl (C=O) groups is 2. The molecule has 0 atom stereocenters. The van der Waals surface area contributed by atoms with Gasteiger partial charge in [0.2, 0.25) is 5.91 Å². The van der Waals surface area contributed by atoms with Crippen LogP contribution in [0.15, 0.2) is 11.8 Å². The van der Waals surface area contributed by atoms with Crippen LogP contribution in [0.3, 0.4) is 0 Å². The highest BCUT2D eigenvalue weighted by atomic mass is 16.2. The van der Waals surface area contributed by atoms with Crippen molar-refractivity contribution >= 4 is 11.7 Å². The maximum atomic E-state index is 11.5. The third-order valence-electron chi connectivity index (χ3n) is 2.88. The molecule has 2 rings (SSSR count). The van der Waals surface area contributed by atoms with E-state index >= 15 is 0 Å². The minimum Gasteiger partial charge on any atom is -0.319 e. The first kappa shape index (κ1) is 9.44. The van der Waals surface area contributed by atoms with Crippen LogP contribution in [0.1, 0.15) is 38.5 Å².